The van der Waals surface area contributed by atoms with E-state index in [2.05, 4.69) is 43.0 Å². The Kier molecular flexibility index (Phi) is 3.39. The molecular formula is C15H18. The quantitative estimate of drug-likeness (QED) is 0.579. The number of hydrogen-bond acceptors (Lipinski definition) is 0. The molecule has 0 saturated heterocycles. The molecule has 1 fully saturated rings. The molecule has 0 spiro atoms. The lowest BCUT2D eigenvalue weighted by Crippen LogP contribution is -1.85. The van der Waals surface area contributed by atoms with E-state index >= 15 is 0 Å². The molecule has 0 unspecified atom stereocenters. The van der Waals surface area contributed by atoms with Crippen molar-refractivity contribution in [3.63, 3.8) is 0 Å². The Hall–Kier alpha value is -1.30. The lowest BCUT2D eigenvalue weighted by molar-refractivity contribution is 0.720. The van der Waals surface area contributed by atoms with Gasteiger partial charge in [-0.1, -0.05) is 55.0 Å². The van der Waals surface area contributed by atoms with Crippen LogP contribution in [0.4, 0.5) is 0 Å². The van der Waals surface area contributed by atoms with Crippen LogP contribution in [0.2, 0.25) is 0 Å². The van der Waals surface area contributed by atoms with Crippen LogP contribution in [0.5, 0.6) is 0 Å². The van der Waals surface area contributed by atoms with E-state index < -0.39 is 0 Å². The summed E-state index contributed by atoms with van der Waals surface area (Å²) >= 11 is 0. The average Bonchev–Trinajstić information content (AvgIpc) is 2.46. The predicted molar refractivity (Wildman–Crippen MR) is 66.6 cm³/mol. The fraction of sp³-hybridized carbons (Fsp3) is 0.333. The fourth-order valence-electron chi connectivity index (χ4n) is 2.09. The molecule has 0 heterocycles. The van der Waals surface area contributed by atoms with Crippen LogP contribution in [0, 0.1) is 0 Å². The Morgan fingerprint density at radius 2 is 1.67 bits per heavy atom. The lowest BCUT2D eigenvalue weighted by atomic mass is 10.0. The monoisotopic (exact) mass is 198 g/mol. The number of hydrogen-bond donors (Lipinski definition) is 0. The first kappa shape index (κ1) is 10.2. The van der Waals surface area contributed by atoms with Gasteiger partial charge in [-0.2, -0.15) is 0 Å². The van der Waals surface area contributed by atoms with Gasteiger partial charge in [0.15, 0.2) is 0 Å². The zero-order chi connectivity index (χ0) is 10.5. The molecule has 1 aliphatic rings. The number of allylic oxidation sites excluding steroid dienone is 2. The molecule has 0 bridgehead atoms. The first-order valence-electron chi connectivity index (χ1n) is 5.80. The van der Waals surface area contributed by atoms with Gasteiger partial charge in [0, 0.05) is 0 Å². The van der Waals surface area contributed by atoms with Crippen molar-refractivity contribution in [2.45, 2.75) is 32.1 Å². The molecule has 1 aliphatic carbocycles. The average molecular weight is 198 g/mol. The van der Waals surface area contributed by atoms with Crippen molar-refractivity contribution in [2.75, 3.05) is 0 Å². The van der Waals surface area contributed by atoms with Crippen LogP contribution in [-0.2, 0) is 0 Å². The van der Waals surface area contributed by atoms with Crippen molar-refractivity contribution >= 4 is 6.08 Å². The predicted octanol–water partition coefficient (Wildman–Crippen LogP) is 4.59. The third kappa shape index (κ3) is 2.82. The second-order valence-corrected chi connectivity index (χ2v) is 4.24. The van der Waals surface area contributed by atoms with Gasteiger partial charge in [-0.05, 0) is 36.8 Å². The van der Waals surface area contributed by atoms with Gasteiger partial charge in [-0.15, -0.1) is 0 Å². The summed E-state index contributed by atoms with van der Waals surface area (Å²) in [5.74, 6) is 0. The van der Waals surface area contributed by atoms with Gasteiger partial charge in [0.2, 0.25) is 0 Å². The van der Waals surface area contributed by atoms with E-state index in [4.69, 9.17) is 0 Å². The van der Waals surface area contributed by atoms with Crippen LogP contribution in [0.25, 0.3) is 6.08 Å². The first-order chi connectivity index (χ1) is 7.36. The molecule has 0 heteroatoms. The third-order valence-corrected chi connectivity index (χ3v) is 3.02. The minimum atomic E-state index is 1.18. The highest BCUT2D eigenvalue weighted by molar-refractivity contribution is 5.58. The van der Waals surface area contributed by atoms with E-state index in [0.717, 1.165) is 0 Å². The van der Waals surface area contributed by atoms with Crippen molar-refractivity contribution in [3.8, 4) is 0 Å². The number of benzene rings is 1. The zero-order valence-electron chi connectivity index (χ0n) is 9.21. The van der Waals surface area contributed by atoms with Crippen molar-refractivity contribution in [2.24, 2.45) is 0 Å². The van der Waals surface area contributed by atoms with Crippen LogP contribution in [0.1, 0.15) is 37.7 Å². The molecule has 78 valence electrons. The summed E-state index contributed by atoms with van der Waals surface area (Å²) in [4.78, 5) is 0. The molecule has 0 radical (unpaired) electrons. The molecule has 1 aromatic carbocycles. The van der Waals surface area contributed by atoms with E-state index in [1.54, 1.807) is 0 Å². The Labute approximate surface area is 92.3 Å². The van der Waals surface area contributed by atoms with Gasteiger partial charge in [0.05, 0.1) is 0 Å². The summed E-state index contributed by atoms with van der Waals surface area (Å²) in [6.07, 6.45) is 8.66. The Balaban J connectivity index is 2.20. The Morgan fingerprint density at radius 1 is 0.933 bits per heavy atom. The molecule has 0 amide bonds. The van der Waals surface area contributed by atoms with Crippen LogP contribution in [0.15, 0.2) is 48.1 Å². The Morgan fingerprint density at radius 3 is 2.47 bits per heavy atom. The maximum Gasteiger partial charge on any atom is -0.0254 e. The van der Waals surface area contributed by atoms with Crippen molar-refractivity contribution < 1.29 is 0 Å². The summed E-state index contributed by atoms with van der Waals surface area (Å²) in [5, 5.41) is 0. The van der Waals surface area contributed by atoms with Gasteiger partial charge in [-0.3, -0.25) is 0 Å². The van der Waals surface area contributed by atoms with E-state index in [0.29, 0.717) is 0 Å². The van der Waals surface area contributed by atoms with E-state index in [-0.39, 0.29) is 0 Å². The SMILES string of the molecule is C=C1CCCCC/C1=C/c1ccccc1. The van der Waals surface area contributed by atoms with Crippen LogP contribution >= 0.6 is 0 Å². The van der Waals surface area contributed by atoms with Crippen molar-refractivity contribution in [1.82, 2.24) is 0 Å². The Bertz CT molecular complexity index is 357. The zero-order valence-corrected chi connectivity index (χ0v) is 9.21. The van der Waals surface area contributed by atoms with Gasteiger partial charge in [0.1, 0.15) is 0 Å². The van der Waals surface area contributed by atoms with Gasteiger partial charge >= 0.3 is 0 Å². The fourth-order valence-corrected chi connectivity index (χ4v) is 2.09. The maximum atomic E-state index is 4.18. The lowest BCUT2D eigenvalue weighted by Gasteiger charge is -2.05. The summed E-state index contributed by atoms with van der Waals surface area (Å²) < 4.78 is 0. The summed E-state index contributed by atoms with van der Waals surface area (Å²) in [6.45, 7) is 4.18. The molecule has 15 heavy (non-hydrogen) atoms. The van der Waals surface area contributed by atoms with E-state index in [1.165, 1.54) is 48.8 Å². The normalized spacial score (nSPS) is 20.3. The third-order valence-electron chi connectivity index (χ3n) is 3.02. The first-order valence-corrected chi connectivity index (χ1v) is 5.80. The van der Waals surface area contributed by atoms with Gasteiger partial charge < -0.3 is 0 Å². The summed E-state index contributed by atoms with van der Waals surface area (Å²) in [7, 11) is 0. The van der Waals surface area contributed by atoms with Crippen LogP contribution < -0.4 is 0 Å². The van der Waals surface area contributed by atoms with Gasteiger partial charge in [-0.25, -0.2) is 0 Å². The highest BCUT2D eigenvalue weighted by atomic mass is 14.1. The maximum absolute atomic E-state index is 4.18. The molecule has 0 nitrogen and oxygen atoms in total. The highest BCUT2D eigenvalue weighted by Crippen LogP contribution is 2.27. The topological polar surface area (TPSA) is 0 Å². The molecule has 0 aromatic heterocycles. The minimum Gasteiger partial charge on any atom is -0.0956 e. The minimum absolute atomic E-state index is 1.18. The standard InChI is InChI=1S/C15H18/c1-13-8-4-2-7-11-15(13)12-14-9-5-3-6-10-14/h3,5-6,9-10,12H,1-2,4,7-8,11H2/b15-12-. The molecule has 0 N–H and O–H groups in total. The molecule has 0 atom stereocenters. The van der Waals surface area contributed by atoms with Crippen molar-refractivity contribution in [3.05, 3.63) is 53.6 Å². The molecule has 1 saturated carbocycles. The van der Waals surface area contributed by atoms with E-state index in [1.807, 2.05) is 0 Å². The molecule has 2 rings (SSSR count). The second kappa shape index (κ2) is 4.97. The highest BCUT2D eigenvalue weighted by Gasteiger charge is 2.07. The smallest absolute Gasteiger partial charge is 0.0254 e. The molecule has 1 aromatic rings. The van der Waals surface area contributed by atoms with E-state index in [9.17, 15) is 0 Å². The van der Waals surface area contributed by atoms with Crippen molar-refractivity contribution in [1.29, 1.82) is 0 Å². The largest absolute Gasteiger partial charge is 0.0956 e. The van der Waals surface area contributed by atoms with Crippen LogP contribution in [-0.4, -0.2) is 0 Å². The molecule has 0 aliphatic heterocycles. The number of rotatable bonds is 1. The molecular weight excluding hydrogens is 180 g/mol. The van der Waals surface area contributed by atoms with Crippen LogP contribution in [0.3, 0.4) is 0 Å². The summed E-state index contributed by atoms with van der Waals surface area (Å²) in [5.41, 5.74) is 4.10. The second-order valence-electron chi connectivity index (χ2n) is 4.24. The van der Waals surface area contributed by atoms with Gasteiger partial charge in [0.25, 0.3) is 0 Å². The summed E-state index contributed by atoms with van der Waals surface area (Å²) in [6, 6.07) is 10.6.